The molecule has 1 aromatic carbocycles. The van der Waals surface area contributed by atoms with Crippen molar-refractivity contribution in [3.8, 4) is 0 Å². The summed E-state index contributed by atoms with van der Waals surface area (Å²) in [7, 11) is 1.70. The van der Waals surface area contributed by atoms with E-state index in [1.165, 1.54) is 12.1 Å². The number of allylic oxidation sites excluding steroid dienone is 1. The highest BCUT2D eigenvalue weighted by Crippen LogP contribution is 2.07. The van der Waals surface area contributed by atoms with Crippen LogP contribution in [0.4, 0.5) is 4.79 Å². The Morgan fingerprint density at radius 1 is 1.25 bits per heavy atom. The molecule has 5 heteroatoms. The van der Waals surface area contributed by atoms with Crippen LogP contribution in [0.1, 0.15) is 29.8 Å². The number of carbonyl (C=O) groups excluding carboxylic acids is 1. The highest BCUT2D eigenvalue weighted by molar-refractivity contribution is 5.87. The van der Waals surface area contributed by atoms with Gasteiger partial charge in [0.25, 0.3) is 0 Å². The zero-order valence-corrected chi connectivity index (χ0v) is 12.0. The number of nitrogens with one attached hydrogen (secondary N) is 1. The molecule has 0 saturated carbocycles. The molecule has 2 N–H and O–H groups in total. The number of hydrogen-bond donors (Lipinski definition) is 2. The molecule has 1 aromatic rings. The normalized spacial score (nSPS) is 9.75. The van der Waals surface area contributed by atoms with Crippen molar-refractivity contribution < 1.29 is 14.7 Å². The molecule has 0 aliphatic carbocycles. The van der Waals surface area contributed by atoms with Gasteiger partial charge in [0.05, 0.1) is 5.56 Å². The van der Waals surface area contributed by atoms with Crippen LogP contribution in [0.2, 0.25) is 0 Å². The Balaban J connectivity index is 2.52. The number of benzene rings is 1. The van der Waals surface area contributed by atoms with E-state index in [4.69, 9.17) is 5.11 Å². The number of hydrogen-bond acceptors (Lipinski definition) is 2. The molecule has 5 nitrogen and oxygen atoms in total. The van der Waals surface area contributed by atoms with Crippen LogP contribution in [0.5, 0.6) is 0 Å². The van der Waals surface area contributed by atoms with E-state index in [-0.39, 0.29) is 11.6 Å². The monoisotopic (exact) mass is 276 g/mol. The van der Waals surface area contributed by atoms with Gasteiger partial charge in [-0.15, -0.1) is 0 Å². The van der Waals surface area contributed by atoms with Gasteiger partial charge in [0.2, 0.25) is 0 Å². The van der Waals surface area contributed by atoms with Crippen molar-refractivity contribution in [3.05, 3.63) is 47.0 Å². The van der Waals surface area contributed by atoms with E-state index < -0.39 is 5.97 Å². The third kappa shape index (κ3) is 5.14. The fraction of sp³-hybridized carbons (Fsp3) is 0.333. The van der Waals surface area contributed by atoms with Crippen molar-refractivity contribution in [2.75, 3.05) is 13.6 Å². The Bertz CT molecular complexity index is 502. The smallest absolute Gasteiger partial charge is 0.335 e. The Kier molecular flexibility index (Phi) is 5.77. The highest BCUT2D eigenvalue weighted by atomic mass is 16.4. The molecule has 108 valence electrons. The van der Waals surface area contributed by atoms with Crippen LogP contribution >= 0.6 is 0 Å². The molecule has 0 saturated heterocycles. The molecule has 0 unspecified atom stereocenters. The summed E-state index contributed by atoms with van der Waals surface area (Å²) >= 11 is 0. The van der Waals surface area contributed by atoms with Gasteiger partial charge in [-0.3, -0.25) is 0 Å². The van der Waals surface area contributed by atoms with E-state index >= 15 is 0 Å². The number of carboxylic acids is 1. The van der Waals surface area contributed by atoms with Crippen LogP contribution in [0.25, 0.3) is 0 Å². The summed E-state index contributed by atoms with van der Waals surface area (Å²) in [6.07, 6.45) is 1.94. The Labute approximate surface area is 118 Å². The zero-order valence-electron chi connectivity index (χ0n) is 12.0. The van der Waals surface area contributed by atoms with Gasteiger partial charge in [-0.25, -0.2) is 9.59 Å². The summed E-state index contributed by atoms with van der Waals surface area (Å²) in [6.45, 7) is 4.88. The fourth-order valence-electron chi connectivity index (χ4n) is 1.58. The van der Waals surface area contributed by atoms with Crippen molar-refractivity contribution in [2.24, 2.45) is 0 Å². The first-order chi connectivity index (χ1) is 9.40. The van der Waals surface area contributed by atoms with Crippen molar-refractivity contribution in [2.45, 2.75) is 20.4 Å². The molecule has 2 amide bonds. The highest BCUT2D eigenvalue weighted by Gasteiger charge is 2.08. The minimum Gasteiger partial charge on any atom is -0.478 e. The standard InChI is InChI=1S/C15H20N2O3/c1-11(2)8-9-16-15(20)17(3)10-12-4-6-13(7-5-12)14(18)19/h4-8H,9-10H2,1-3H3,(H,16,20)(H,18,19). The lowest BCUT2D eigenvalue weighted by Gasteiger charge is -2.17. The molecule has 0 atom stereocenters. The lowest BCUT2D eigenvalue weighted by atomic mass is 10.1. The van der Waals surface area contributed by atoms with Crippen molar-refractivity contribution >= 4 is 12.0 Å². The summed E-state index contributed by atoms with van der Waals surface area (Å²) in [5.41, 5.74) is 2.27. The van der Waals surface area contributed by atoms with Gasteiger partial charge in [-0.05, 0) is 31.5 Å². The maximum atomic E-state index is 11.8. The summed E-state index contributed by atoms with van der Waals surface area (Å²) in [5.74, 6) is -0.954. The Morgan fingerprint density at radius 2 is 1.85 bits per heavy atom. The van der Waals surface area contributed by atoms with E-state index in [1.54, 1.807) is 24.1 Å². The summed E-state index contributed by atoms with van der Waals surface area (Å²) in [5, 5.41) is 11.6. The fourth-order valence-corrected chi connectivity index (χ4v) is 1.58. The predicted molar refractivity (Wildman–Crippen MR) is 77.7 cm³/mol. The minimum atomic E-state index is -0.954. The van der Waals surface area contributed by atoms with Crippen LogP contribution in [0, 0.1) is 0 Å². The third-order valence-corrected chi connectivity index (χ3v) is 2.73. The topological polar surface area (TPSA) is 69.6 Å². The van der Waals surface area contributed by atoms with Crippen LogP contribution in [-0.4, -0.2) is 35.6 Å². The van der Waals surface area contributed by atoms with Gasteiger partial charge in [-0.2, -0.15) is 0 Å². The average Bonchev–Trinajstić information content (AvgIpc) is 2.38. The second-order valence-electron chi connectivity index (χ2n) is 4.83. The van der Waals surface area contributed by atoms with Crippen LogP contribution in [-0.2, 0) is 6.54 Å². The van der Waals surface area contributed by atoms with Crippen molar-refractivity contribution in [3.63, 3.8) is 0 Å². The number of carbonyl (C=O) groups is 2. The maximum Gasteiger partial charge on any atom is 0.335 e. The summed E-state index contributed by atoms with van der Waals surface area (Å²) < 4.78 is 0. The van der Waals surface area contributed by atoms with Crippen LogP contribution in [0.15, 0.2) is 35.9 Å². The first kappa shape index (κ1) is 15.8. The number of rotatable bonds is 5. The molecule has 20 heavy (non-hydrogen) atoms. The first-order valence-electron chi connectivity index (χ1n) is 6.34. The second kappa shape index (κ2) is 7.33. The second-order valence-corrected chi connectivity index (χ2v) is 4.83. The van der Waals surface area contributed by atoms with Crippen molar-refractivity contribution in [1.29, 1.82) is 0 Å². The molecule has 0 bridgehead atoms. The van der Waals surface area contributed by atoms with Crippen molar-refractivity contribution in [1.82, 2.24) is 10.2 Å². The van der Waals surface area contributed by atoms with Gasteiger partial charge in [-0.1, -0.05) is 23.8 Å². The lowest BCUT2D eigenvalue weighted by molar-refractivity contribution is 0.0697. The van der Waals surface area contributed by atoms with E-state index in [0.717, 1.165) is 11.1 Å². The first-order valence-corrected chi connectivity index (χ1v) is 6.34. The molecule has 0 aliphatic heterocycles. The summed E-state index contributed by atoms with van der Waals surface area (Å²) in [6, 6.07) is 6.33. The zero-order chi connectivity index (χ0) is 15.1. The molecule has 0 spiro atoms. The molecule has 0 radical (unpaired) electrons. The van der Waals surface area contributed by atoms with Crippen LogP contribution in [0.3, 0.4) is 0 Å². The molecule has 0 heterocycles. The third-order valence-electron chi connectivity index (χ3n) is 2.73. The van der Waals surface area contributed by atoms with E-state index in [0.29, 0.717) is 13.1 Å². The van der Waals surface area contributed by atoms with E-state index in [2.05, 4.69) is 5.32 Å². The number of urea groups is 1. The maximum absolute atomic E-state index is 11.8. The van der Waals surface area contributed by atoms with Gasteiger partial charge >= 0.3 is 12.0 Å². The largest absolute Gasteiger partial charge is 0.478 e. The van der Waals surface area contributed by atoms with Gasteiger partial charge < -0.3 is 15.3 Å². The molecule has 0 aliphatic rings. The molecule has 0 fully saturated rings. The molecular formula is C15H20N2O3. The molecular weight excluding hydrogens is 256 g/mol. The van der Waals surface area contributed by atoms with Gasteiger partial charge in [0.15, 0.2) is 0 Å². The van der Waals surface area contributed by atoms with Gasteiger partial charge in [0.1, 0.15) is 0 Å². The quantitative estimate of drug-likeness (QED) is 0.812. The molecule has 0 aromatic heterocycles. The SMILES string of the molecule is CC(C)=CCNC(=O)N(C)Cc1ccc(C(=O)O)cc1. The van der Waals surface area contributed by atoms with E-state index in [1.807, 2.05) is 19.9 Å². The van der Waals surface area contributed by atoms with Crippen LogP contribution < -0.4 is 5.32 Å². The number of amides is 2. The predicted octanol–water partition coefficient (Wildman–Crippen LogP) is 2.49. The van der Waals surface area contributed by atoms with E-state index in [9.17, 15) is 9.59 Å². The molecule has 1 rings (SSSR count). The minimum absolute atomic E-state index is 0.162. The lowest BCUT2D eigenvalue weighted by Crippen LogP contribution is -2.36. The van der Waals surface area contributed by atoms with Gasteiger partial charge in [0, 0.05) is 20.1 Å². The number of aromatic carboxylic acids is 1. The number of nitrogens with zero attached hydrogens (tertiary/aromatic N) is 1. The Morgan fingerprint density at radius 3 is 2.35 bits per heavy atom. The Hall–Kier alpha value is -2.30. The number of carboxylic acid groups (broad SMARTS) is 1. The summed E-state index contributed by atoms with van der Waals surface area (Å²) in [4.78, 5) is 24.1. The average molecular weight is 276 g/mol.